The Hall–Kier alpha value is -1.82. The fourth-order valence-corrected chi connectivity index (χ4v) is 4.77. The molecule has 0 heteroatoms. The summed E-state index contributed by atoms with van der Waals surface area (Å²) in [5.41, 5.74) is 4.95. The van der Waals surface area contributed by atoms with Gasteiger partial charge in [-0.25, -0.2) is 0 Å². The van der Waals surface area contributed by atoms with Crippen LogP contribution in [0.3, 0.4) is 0 Å². The number of hydrogen-bond acceptors (Lipinski definition) is 0. The van der Waals surface area contributed by atoms with Crippen molar-refractivity contribution in [3.63, 3.8) is 0 Å². The maximum atomic E-state index is 2.44. The normalized spacial score (nSPS) is 22.0. The molecule has 3 aliphatic carbocycles. The van der Waals surface area contributed by atoms with Crippen molar-refractivity contribution in [3.8, 4) is 0 Å². The third kappa shape index (κ3) is 2.19. The zero-order valence-electron chi connectivity index (χ0n) is 13.9. The molecule has 0 saturated heterocycles. The lowest BCUT2D eigenvalue weighted by molar-refractivity contribution is 0.531. The van der Waals surface area contributed by atoms with Gasteiger partial charge in [0.05, 0.1) is 0 Å². The summed E-state index contributed by atoms with van der Waals surface area (Å²) in [4.78, 5) is 0. The molecule has 0 nitrogen and oxygen atoms in total. The van der Waals surface area contributed by atoms with Gasteiger partial charge in [-0.1, -0.05) is 60.9 Å². The van der Waals surface area contributed by atoms with Gasteiger partial charge < -0.3 is 0 Å². The van der Waals surface area contributed by atoms with Crippen LogP contribution >= 0.6 is 0 Å². The highest BCUT2D eigenvalue weighted by atomic mass is 14.3. The molecule has 2 aromatic rings. The van der Waals surface area contributed by atoms with Crippen LogP contribution < -0.4 is 10.4 Å². The first-order valence-electron chi connectivity index (χ1n) is 9.22. The van der Waals surface area contributed by atoms with Crippen molar-refractivity contribution in [2.45, 2.75) is 51.4 Å². The van der Waals surface area contributed by atoms with E-state index in [1.54, 1.807) is 21.9 Å². The van der Waals surface area contributed by atoms with Crippen molar-refractivity contribution in [1.82, 2.24) is 0 Å². The lowest BCUT2D eigenvalue weighted by Crippen LogP contribution is -2.25. The Bertz CT molecular complexity index is 989. The highest BCUT2D eigenvalue weighted by Gasteiger charge is 2.29. The number of fused-ring (bicyclic) bond motifs is 4. The zero-order valence-corrected chi connectivity index (χ0v) is 13.9. The van der Waals surface area contributed by atoms with E-state index in [9.17, 15) is 0 Å². The third-order valence-electron chi connectivity index (χ3n) is 6.18. The highest BCUT2D eigenvalue weighted by Crippen LogP contribution is 2.42. The molecule has 0 spiro atoms. The molecule has 0 bridgehead atoms. The van der Waals surface area contributed by atoms with Crippen LogP contribution in [0.25, 0.3) is 11.6 Å². The van der Waals surface area contributed by atoms with Crippen LogP contribution in [0.1, 0.15) is 56.1 Å². The van der Waals surface area contributed by atoms with E-state index >= 15 is 0 Å². The Kier molecular flexibility index (Phi) is 3.01. The molecule has 2 aromatic carbocycles. The largest absolute Gasteiger partial charge is 0.0722 e. The van der Waals surface area contributed by atoms with E-state index in [4.69, 9.17) is 0 Å². The van der Waals surface area contributed by atoms with Crippen LogP contribution in [0, 0.1) is 16.4 Å². The molecule has 3 aliphatic rings. The third-order valence-corrected chi connectivity index (χ3v) is 6.18. The fourth-order valence-electron chi connectivity index (χ4n) is 4.77. The van der Waals surface area contributed by atoms with E-state index in [0.29, 0.717) is 0 Å². The maximum Gasteiger partial charge on any atom is -0.00790 e. The minimum Gasteiger partial charge on any atom is -0.0722 e. The quantitative estimate of drug-likeness (QED) is 0.781. The number of hydrogen-bond donors (Lipinski definition) is 0. The zero-order chi connectivity index (χ0) is 15.4. The monoisotopic (exact) mass is 300 g/mol. The predicted octanol–water partition coefficient (Wildman–Crippen LogP) is 4.16. The van der Waals surface area contributed by atoms with Crippen LogP contribution in [0.2, 0.25) is 0 Å². The summed E-state index contributed by atoms with van der Waals surface area (Å²) in [6, 6.07) is 13.7. The molecule has 5 rings (SSSR count). The lowest BCUT2D eigenvalue weighted by Gasteiger charge is -2.27. The molecular formula is C23H24. The lowest BCUT2D eigenvalue weighted by atomic mass is 9.77. The fraction of sp³-hybridized carbons (Fsp3) is 0.391. The molecule has 0 aromatic heterocycles. The van der Waals surface area contributed by atoms with Crippen molar-refractivity contribution in [2.24, 2.45) is 5.92 Å². The molecule has 0 radical (unpaired) electrons. The standard InChI is InChI=1S/C23H24/c1-15-6-9-18(14-16-7-8-16)23-19(15)12-13-21-20-5-3-2-4-17(20)10-11-22(21)23/h2-5,10,12-13,16,18H,6-9,11,14H2,1H3. The molecule has 0 N–H and O–H groups in total. The Morgan fingerprint density at radius 3 is 2.61 bits per heavy atom. The molecule has 0 aliphatic heterocycles. The summed E-state index contributed by atoms with van der Waals surface area (Å²) in [6.45, 7) is 2.35. The van der Waals surface area contributed by atoms with E-state index in [2.05, 4.69) is 49.4 Å². The van der Waals surface area contributed by atoms with E-state index in [1.165, 1.54) is 47.8 Å². The molecule has 1 fully saturated rings. The summed E-state index contributed by atoms with van der Waals surface area (Å²) < 4.78 is 0. The van der Waals surface area contributed by atoms with Crippen molar-refractivity contribution < 1.29 is 0 Å². The summed E-state index contributed by atoms with van der Waals surface area (Å²) in [5.74, 6) is 1.82. The topological polar surface area (TPSA) is 0 Å². The molecule has 1 unspecified atom stereocenters. The molecule has 1 saturated carbocycles. The van der Waals surface area contributed by atoms with Crippen LogP contribution in [0.15, 0.2) is 36.4 Å². The molecule has 0 heterocycles. The van der Waals surface area contributed by atoms with Crippen molar-refractivity contribution in [3.05, 3.63) is 68.4 Å². The summed E-state index contributed by atoms with van der Waals surface area (Å²) >= 11 is 0. The van der Waals surface area contributed by atoms with Gasteiger partial charge in [-0.3, -0.25) is 0 Å². The minimum absolute atomic E-state index is 0.801. The van der Waals surface area contributed by atoms with Crippen LogP contribution in [-0.2, 0) is 6.42 Å². The van der Waals surface area contributed by atoms with Crippen LogP contribution in [0.5, 0.6) is 0 Å². The predicted molar refractivity (Wildman–Crippen MR) is 96.4 cm³/mol. The van der Waals surface area contributed by atoms with Crippen molar-refractivity contribution >= 4 is 11.6 Å². The highest BCUT2D eigenvalue weighted by molar-refractivity contribution is 5.54. The van der Waals surface area contributed by atoms with E-state index in [0.717, 1.165) is 18.3 Å². The second-order valence-electron chi connectivity index (χ2n) is 7.74. The number of benzene rings is 2. The van der Waals surface area contributed by atoms with Gasteiger partial charge in [0.15, 0.2) is 0 Å². The Morgan fingerprint density at radius 1 is 0.913 bits per heavy atom. The van der Waals surface area contributed by atoms with Crippen molar-refractivity contribution in [2.75, 3.05) is 0 Å². The van der Waals surface area contributed by atoms with Crippen molar-refractivity contribution in [1.29, 1.82) is 0 Å². The minimum atomic E-state index is 0.801. The molecule has 0 amide bonds. The first-order valence-corrected chi connectivity index (χ1v) is 9.22. The van der Waals surface area contributed by atoms with E-state index < -0.39 is 0 Å². The van der Waals surface area contributed by atoms with Gasteiger partial charge >= 0.3 is 0 Å². The van der Waals surface area contributed by atoms with Gasteiger partial charge in [0.25, 0.3) is 0 Å². The average molecular weight is 300 g/mol. The molecule has 1 atom stereocenters. The Morgan fingerprint density at radius 2 is 1.74 bits per heavy atom. The van der Waals surface area contributed by atoms with Gasteiger partial charge in [0, 0.05) is 0 Å². The summed E-state index contributed by atoms with van der Waals surface area (Å²) in [7, 11) is 0. The summed E-state index contributed by atoms with van der Waals surface area (Å²) in [5, 5.41) is 5.92. The van der Waals surface area contributed by atoms with Gasteiger partial charge in [0.1, 0.15) is 0 Å². The maximum absolute atomic E-state index is 2.44. The van der Waals surface area contributed by atoms with Gasteiger partial charge in [0.2, 0.25) is 0 Å². The SMILES string of the molecule is CC1=c2ccc3c(c2C(CC2CC2)CC1)CC=c1ccccc1=3. The smallest absolute Gasteiger partial charge is 0.00790 e. The molecular weight excluding hydrogens is 276 g/mol. The second kappa shape index (κ2) is 5.09. The van der Waals surface area contributed by atoms with Gasteiger partial charge in [-0.05, 0) is 76.4 Å². The van der Waals surface area contributed by atoms with Gasteiger partial charge in [-0.15, -0.1) is 0 Å². The second-order valence-corrected chi connectivity index (χ2v) is 7.74. The van der Waals surface area contributed by atoms with Crippen LogP contribution in [-0.4, -0.2) is 0 Å². The average Bonchev–Trinajstić information content (AvgIpc) is 3.40. The molecule has 23 heavy (non-hydrogen) atoms. The number of rotatable bonds is 2. The van der Waals surface area contributed by atoms with E-state index in [-0.39, 0.29) is 0 Å². The Labute approximate surface area is 137 Å². The van der Waals surface area contributed by atoms with Gasteiger partial charge in [-0.2, -0.15) is 0 Å². The first-order chi connectivity index (χ1) is 11.3. The van der Waals surface area contributed by atoms with Crippen LogP contribution in [0.4, 0.5) is 0 Å². The summed E-state index contributed by atoms with van der Waals surface area (Å²) in [6.07, 6.45) is 10.6. The molecule has 116 valence electrons. The first kappa shape index (κ1) is 13.6. The Balaban J connectivity index is 1.85. The van der Waals surface area contributed by atoms with E-state index in [1.807, 2.05) is 0 Å².